The molecule has 0 amide bonds. The molecule has 21 heavy (non-hydrogen) atoms. The van der Waals surface area contributed by atoms with Gasteiger partial charge < -0.3 is 9.42 Å². The molecule has 4 rings (SSSR count). The van der Waals surface area contributed by atoms with E-state index in [9.17, 15) is 0 Å². The number of aromatic nitrogens is 2. The van der Waals surface area contributed by atoms with Gasteiger partial charge in [-0.25, -0.2) is 0 Å². The van der Waals surface area contributed by atoms with E-state index in [0.29, 0.717) is 24.3 Å². The summed E-state index contributed by atoms with van der Waals surface area (Å²) in [5.74, 6) is 1.35. The summed E-state index contributed by atoms with van der Waals surface area (Å²) in [6.45, 7) is 2.90. The SMILES string of the molecule is CC1Cc2ccccc2N1Cc1nc(-c2cccs2)no1. The maximum atomic E-state index is 5.42. The van der Waals surface area contributed by atoms with Gasteiger partial charge in [0.1, 0.15) is 0 Å². The van der Waals surface area contributed by atoms with Gasteiger partial charge in [0, 0.05) is 11.7 Å². The van der Waals surface area contributed by atoms with Crippen LogP contribution in [0.15, 0.2) is 46.3 Å². The Labute approximate surface area is 127 Å². The van der Waals surface area contributed by atoms with Gasteiger partial charge in [-0.05, 0) is 36.4 Å². The Balaban J connectivity index is 1.59. The van der Waals surface area contributed by atoms with E-state index >= 15 is 0 Å². The van der Waals surface area contributed by atoms with Gasteiger partial charge in [-0.15, -0.1) is 11.3 Å². The molecule has 106 valence electrons. The van der Waals surface area contributed by atoms with Crippen molar-refractivity contribution in [3.63, 3.8) is 0 Å². The molecular formula is C16H15N3OS. The molecule has 0 saturated heterocycles. The molecule has 2 aromatic heterocycles. The summed E-state index contributed by atoms with van der Waals surface area (Å²) in [6, 6.07) is 13.0. The minimum absolute atomic E-state index is 0.458. The lowest BCUT2D eigenvalue weighted by molar-refractivity contribution is 0.374. The van der Waals surface area contributed by atoms with Crippen molar-refractivity contribution in [3.8, 4) is 10.7 Å². The molecule has 3 aromatic rings. The number of para-hydroxylation sites is 1. The summed E-state index contributed by atoms with van der Waals surface area (Å²) in [5, 5.41) is 6.10. The average Bonchev–Trinajstić information content (AvgIpc) is 3.20. The Bertz CT molecular complexity index is 750. The average molecular weight is 297 g/mol. The third-order valence-corrected chi connectivity index (χ3v) is 4.73. The number of rotatable bonds is 3. The molecule has 4 nitrogen and oxygen atoms in total. The number of hydrogen-bond acceptors (Lipinski definition) is 5. The molecule has 5 heteroatoms. The normalized spacial score (nSPS) is 17.2. The van der Waals surface area contributed by atoms with E-state index in [1.165, 1.54) is 11.3 Å². The van der Waals surface area contributed by atoms with Crippen molar-refractivity contribution in [1.29, 1.82) is 0 Å². The van der Waals surface area contributed by atoms with Crippen molar-refractivity contribution in [2.24, 2.45) is 0 Å². The number of thiophene rings is 1. The van der Waals surface area contributed by atoms with E-state index in [1.54, 1.807) is 11.3 Å². The van der Waals surface area contributed by atoms with Crippen LogP contribution in [0.1, 0.15) is 18.4 Å². The first-order chi connectivity index (χ1) is 10.3. The van der Waals surface area contributed by atoms with Crippen LogP contribution in [0.2, 0.25) is 0 Å². The summed E-state index contributed by atoms with van der Waals surface area (Å²) in [7, 11) is 0. The van der Waals surface area contributed by atoms with E-state index in [-0.39, 0.29) is 0 Å². The fourth-order valence-electron chi connectivity index (χ4n) is 2.84. The van der Waals surface area contributed by atoms with Crippen LogP contribution in [0.25, 0.3) is 10.7 Å². The van der Waals surface area contributed by atoms with Crippen molar-refractivity contribution < 1.29 is 4.52 Å². The zero-order chi connectivity index (χ0) is 14.2. The molecule has 0 N–H and O–H groups in total. The van der Waals surface area contributed by atoms with Gasteiger partial charge in [0.2, 0.25) is 11.7 Å². The van der Waals surface area contributed by atoms with Gasteiger partial charge in [0.25, 0.3) is 0 Å². The Morgan fingerprint density at radius 2 is 2.19 bits per heavy atom. The molecule has 1 unspecified atom stereocenters. The molecule has 0 radical (unpaired) electrons. The molecule has 0 saturated carbocycles. The molecule has 0 spiro atoms. The summed E-state index contributed by atoms with van der Waals surface area (Å²) >= 11 is 1.62. The first kappa shape index (κ1) is 12.6. The van der Waals surface area contributed by atoms with Crippen LogP contribution in [0.5, 0.6) is 0 Å². The highest BCUT2D eigenvalue weighted by molar-refractivity contribution is 7.13. The maximum Gasteiger partial charge on any atom is 0.246 e. The topological polar surface area (TPSA) is 42.2 Å². The van der Waals surface area contributed by atoms with Crippen LogP contribution < -0.4 is 4.90 Å². The Morgan fingerprint density at radius 1 is 1.29 bits per heavy atom. The third kappa shape index (κ3) is 2.23. The second-order valence-electron chi connectivity index (χ2n) is 5.30. The predicted molar refractivity (Wildman–Crippen MR) is 83.4 cm³/mol. The van der Waals surface area contributed by atoms with Crippen molar-refractivity contribution >= 4 is 17.0 Å². The Kier molecular flexibility index (Phi) is 3.00. The third-order valence-electron chi connectivity index (χ3n) is 3.86. The van der Waals surface area contributed by atoms with Gasteiger partial charge in [0.15, 0.2) is 0 Å². The zero-order valence-electron chi connectivity index (χ0n) is 11.7. The molecule has 1 aliphatic rings. The van der Waals surface area contributed by atoms with Crippen LogP contribution >= 0.6 is 11.3 Å². The predicted octanol–water partition coefficient (Wildman–Crippen LogP) is 3.75. The molecule has 0 fully saturated rings. The fourth-order valence-corrected chi connectivity index (χ4v) is 3.49. The monoisotopic (exact) mass is 297 g/mol. The largest absolute Gasteiger partial charge is 0.359 e. The fraction of sp³-hybridized carbons (Fsp3) is 0.250. The first-order valence-corrected chi connectivity index (χ1v) is 7.90. The number of benzene rings is 1. The van der Waals surface area contributed by atoms with Crippen molar-refractivity contribution in [3.05, 3.63) is 53.2 Å². The molecule has 1 aromatic carbocycles. The van der Waals surface area contributed by atoms with E-state index in [0.717, 1.165) is 11.3 Å². The lowest BCUT2D eigenvalue weighted by atomic mass is 10.1. The highest BCUT2D eigenvalue weighted by Crippen LogP contribution is 2.33. The maximum absolute atomic E-state index is 5.42. The van der Waals surface area contributed by atoms with Gasteiger partial charge in [-0.2, -0.15) is 4.98 Å². The number of nitrogens with zero attached hydrogens (tertiary/aromatic N) is 3. The zero-order valence-corrected chi connectivity index (χ0v) is 12.5. The van der Waals surface area contributed by atoms with E-state index < -0.39 is 0 Å². The summed E-state index contributed by atoms with van der Waals surface area (Å²) < 4.78 is 5.42. The number of anilines is 1. The lowest BCUT2D eigenvalue weighted by Crippen LogP contribution is -2.28. The summed E-state index contributed by atoms with van der Waals surface area (Å²) in [4.78, 5) is 7.89. The van der Waals surface area contributed by atoms with Gasteiger partial charge >= 0.3 is 0 Å². The van der Waals surface area contributed by atoms with E-state index in [1.807, 2.05) is 17.5 Å². The Hall–Kier alpha value is -2.14. The number of hydrogen-bond donors (Lipinski definition) is 0. The first-order valence-electron chi connectivity index (χ1n) is 7.02. The van der Waals surface area contributed by atoms with Crippen LogP contribution in [0.3, 0.4) is 0 Å². The van der Waals surface area contributed by atoms with Crippen molar-refractivity contribution in [1.82, 2.24) is 10.1 Å². The molecule has 1 atom stereocenters. The van der Waals surface area contributed by atoms with Crippen LogP contribution in [-0.2, 0) is 13.0 Å². The van der Waals surface area contributed by atoms with Gasteiger partial charge in [-0.3, -0.25) is 0 Å². The molecule has 0 aliphatic carbocycles. The van der Waals surface area contributed by atoms with Gasteiger partial charge in [-0.1, -0.05) is 29.4 Å². The smallest absolute Gasteiger partial charge is 0.246 e. The second-order valence-corrected chi connectivity index (χ2v) is 6.25. The van der Waals surface area contributed by atoms with Crippen LogP contribution in [-0.4, -0.2) is 16.2 Å². The number of fused-ring (bicyclic) bond motifs is 1. The van der Waals surface area contributed by atoms with Crippen molar-refractivity contribution in [2.75, 3.05) is 4.90 Å². The molecule has 0 bridgehead atoms. The lowest BCUT2D eigenvalue weighted by Gasteiger charge is -2.22. The highest BCUT2D eigenvalue weighted by Gasteiger charge is 2.27. The van der Waals surface area contributed by atoms with Crippen molar-refractivity contribution in [2.45, 2.75) is 25.9 Å². The second kappa shape index (κ2) is 5.00. The standard InChI is InChI=1S/C16H15N3OS/c1-11-9-12-5-2-3-6-13(12)19(11)10-15-17-16(18-20-15)14-7-4-8-21-14/h2-8,11H,9-10H2,1H3. The summed E-state index contributed by atoms with van der Waals surface area (Å²) in [5.41, 5.74) is 2.67. The molecule has 3 heterocycles. The summed E-state index contributed by atoms with van der Waals surface area (Å²) in [6.07, 6.45) is 1.07. The highest BCUT2D eigenvalue weighted by atomic mass is 32.1. The van der Waals surface area contributed by atoms with Gasteiger partial charge in [0.05, 0.1) is 11.4 Å². The van der Waals surface area contributed by atoms with E-state index in [2.05, 4.69) is 46.2 Å². The Morgan fingerprint density at radius 3 is 3.05 bits per heavy atom. The minimum atomic E-state index is 0.458. The van der Waals surface area contributed by atoms with Crippen LogP contribution in [0, 0.1) is 0 Å². The molecular weight excluding hydrogens is 282 g/mol. The van der Waals surface area contributed by atoms with Crippen LogP contribution in [0.4, 0.5) is 5.69 Å². The quantitative estimate of drug-likeness (QED) is 0.738. The van der Waals surface area contributed by atoms with E-state index in [4.69, 9.17) is 4.52 Å². The molecule has 1 aliphatic heterocycles. The minimum Gasteiger partial charge on any atom is -0.359 e.